The number of nitro groups is 1. The molecule has 7 nitrogen and oxygen atoms in total. The molecule has 1 fully saturated rings. The smallest absolute Gasteiger partial charge is 0.387 e. The second-order valence-corrected chi connectivity index (χ2v) is 6.37. The quantitative estimate of drug-likeness (QED) is 0.593. The van der Waals surface area contributed by atoms with Crippen LogP contribution in [-0.4, -0.2) is 30.5 Å². The van der Waals surface area contributed by atoms with Crippen LogP contribution in [0.1, 0.15) is 12.8 Å². The van der Waals surface area contributed by atoms with Gasteiger partial charge in [-0.05, 0) is 31.0 Å². The molecule has 0 unspecified atom stereocenters. The van der Waals surface area contributed by atoms with Gasteiger partial charge in [-0.2, -0.15) is 8.78 Å². The Morgan fingerprint density at radius 3 is 2.46 bits per heavy atom. The van der Waals surface area contributed by atoms with Crippen molar-refractivity contribution < 1.29 is 23.2 Å². The van der Waals surface area contributed by atoms with E-state index in [0.717, 1.165) is 0 Å². The number of hydrogen-bond donors (Lipinski definition) is 1. The van der Waals surface area contributed by atoms with Crippen LogP contribution in [0.2, 0.25) is 0 Å². The number of nitrogens with zero attached hydrogens (tertiary/aromatic N) is 2. The van der Waals surface area contributed by atoms with Crippen molar-refractivity contribution in [3.63, 3.8) is 0 Å². The Kier molecular flexibility index (Phi) is 6.03. The minimum absolute atomic E-state index is 0.0310. The number of benzene rings is 2. The van der Waals surface area contributed by atoms with Crippen molar-refractivity contribution in [3.8, 4) is 5.75 Å². The van der Waals surface area contributed by atoms with Crippen molar-refractivity contribution in [1.29, 1.82) is 0 Å². The third kappa shape index (κ3) is 4.54. The summed E-state index contributed by atoms with van der Waals surface area (Å²) in [6, 6.07) is 12.5. The van der Waals surface area contributed by atoms with Gasteiger partial charge in [0.15, 0.2) is 0 Å². The van der Waals surface area contributed by atoms with Crippen LogP contribution in [0.5, 0.6) is 5.75 Å². The molecule has 3 rings (SSSR count). The molecule has 1 aliphatic rings. The van der Waals surface area contributed by atoms with Gasteiger partial charge in [0.25, 0.3) is 5.69 Å². The highest BCUT2D eigenvalue weighted by Crippen LogP contribution is 2.32. The van der Waals surface area contributed by atoms with Crippen LogP contribution in [0.4, 0.5) is 25.8 Å². The zero-order valence-corrected chi connectivity index (χ0v) is 14.9. The third-order valence-corrected chi connectivity index (χ3v) is 4.65. The van der Waals surface area contributed by atoms with Gasteiger partial charge in [0.1, 0.15) is 11.4 Å². The maximum atomic E-state index is 12.5. The monoisotopic (exact) mass is 391 g/mol. The molecule has 2 aromatic rings. The maximum absolute atomic E-state index is 12.5. The minimum atomic E-state index is -2.98. The van der Waals surface area contributed by atoms with Gasteiger partial charge >= 0.3 is 6.61 Å². The average molecular weight is 391 g/mol. The van der Waals surface area contributed by atoms with Gasteiger partial charge in [-0.3, -0.25) is 14.9 Å². The predicted octanol–water partition coefficient (Wildman–Crippen LogP) is 4.05. The fourth-order valence-electron chi connectivity index (χ4n) is 3.27. The molecular formula is C19H19F2N3O4. The molecule has 1 N–H and O–H groups in total. The highest BCUT2D eigenvalue weighted by Gasteiger charge is 2.28. The summed E-state index contributed by atoms with van der Waals surface area (Å²) in [5, 5.41) is 13.8. The number of amides is 1. The number of piperidine rings is 1. The van der Waals surface area contributed by atoms with Gasteiger partial charge in [0, 0.05) is 25.1 Å². The molecule has 0 aliphatic carbocycles. The number of halogens is 2. The zero-order valence-electron chi connectivity index (χ0n) is 14.9. The van der Waals surface area contributed by atoms with Crippen LogP contribution in [-0.2, 0) is 4.79 Å². The van der Waals surface area contributed by atoms with E-state index in [9.17, 15) is 23.7 Å². The van der Waals surface area contributed by atoms with E-state index in [2.05, 4.69) is 10.1 Å². The van der Waals surface area contributed by atoms with Gasteiger partial charge < -0.3 is 15.0 Å². The molecule has 148 valence electrons. The summed E-state index contributed by atoms with van der Waals surface area (Å²) in [5.41, 5.74) is 0.749. The number of carbonyl (C=O) groups is 1. The Bertz CT molecular complexity index is 855. The zero-order chi connectivity index (χ0) is 20.1. The molecule has 1 amide bonds. The van der Waals surface area contributed by atoms with Crippen molar-refractivity contribution in [3.05, 3.63) is 58.6 Å². The molecule has 0 saturated carbocycles. The van der Waals surface area contributed by atoms with E-state index in [-0.39, 0.29) is 28.9 Å². The second kappa shape index (κ2) is 8.64. The van der Waals surface area contributed by atoms with Crippen LogP contribution in [0, 0.1) is 16.0 Å². The summed E-state index contributed by atoms with van der Waals surface area (Å²) in [5.74, 6) is -0.700. The second-order valence-electron chi connectivity index (χ2n) is 6.37. The van der Waals surface area contributed by atoms with E-state index in [1.165, 1.54) is 18.2 Å². The summed E-state index contributed by atoms with van der Waals surface area (Å²) in [6.45, 7) is -2.01. The fourth-order valence-corrected chi connectivity index (χ4v) is 3.27. The maximum Gasteiger partial charge on any atom is 0.387 e. The molecule has 2 aromatic carbocycles. The first-order valence-corrected chi connectivity index (χ1v) is 8.79. The minimum Gasteiger partial charge on any atom is -0.433 e. The van der Waals surface area contributed by atoms with E-state index < -0.39 is 11.5 Å². The molecule has 9 heteroatoms. The van der Waals surface area contributed by atoms with Crippen LogP contribution in [0.3, 0.4) is 0 Å². The van der Waals surface area contributed by atoms with Crippen LogP contribution < -0.4 is 15.0 Å². The lowest BCUT2D eigenvalue weighted by molar-refractivity contribution is -0.384. The van der Waals surface area contributed by atoms with Crippen LogP contribution in [0.15, 0.2) is 48.5 Å². The Hall–Kier alpha value is -3.23. The number of hydrogen-bond acceptors (Lipinski definition) is 5. The number of nitro benzene ring substituents is 1. The number of rotatable bonds is 6. The molecule has 0 spiro atoms. The fraction of sp³-hybridized carbons (Fsp3) is 0.316. The summed E-state index contributed by atoms with van der Waals surface area (Å²) in [4.78, 5) is 25.2. The van der Waals surface area contributed by atoms with Crippen molar-refractivity contribution in [2.45, 2.75) is 19.5 Å². The van der Waals surface area contributed by atoms with Gasteiger partial charge in [-0.25, -0.2) is 0 Å². The van der Waals surface area contributed by atoms with Crippen molar-refractivity contribution in [1.82, 2.24) is 0 Å². The molecule has 1 aliphatic heterocycles. The topological polar surface area (TPSA) is 84.7 Å². The third-order valence-electron chi connectivity index (χ3n) is 4.65. The number of carbonyl (C=O) groups excluding carboxylic acids is 1. The molecule has 0 bridgehead atoms. The highest BCUT2D eigenvalue weighted by molar-refractivity contribution is 5.94. The SMILES string of the molecule is O=C(Nc1ccccc1OC(F)F)C1CCN(c2ccccc2[N+](=O)[O-])CC1. The van der Waals surface area contributed by atoms with Crippen molar-refractivity contribution >= 4 is 23.0 Å². The first-order valence-electron chi connectivity index (χ1n) is 8.79. The summed E-state index contributed by atoms with van der Waals surface area (Å²) >= 11 is 0. The van der Waals surface area contributed by atoms with E-state index >= 15 is 0 Å². The average Bonchev–Trinajstić information content (AvgIpc) is 2.69. The van der Waals surface area contributed by atoms with E-state index in [1.807, 2.05) is 4.90 Å². The van der Waals surface area contributed by atoms with E-state index in [0.29, 0.717) is 31.6 Å². The predicted molar refractivity (Wildman–Crippen MR) is 99.7 cm³/mol. The van der Waals surface area contributed by atoms with Gasteiger partial charge in [0.2, 0.25) is 5.91 Å². The van der Waals surface area contributed by atoms with Crippen molar-refractivity contribution in [2.24, 2.45) is 5.92 Å². The van der Waals surface area contributed by atoms with Crippen LogP contribution >= 0.6 is 0 Å². The Labute approximate surface area is 160 Å². The summed E-state index contributed by atoms with van der Waals surface area (Å²) < 4.78 is 29.4. The van der Waals surface area contributed by atoms with Gasteiger partial charge in [-0.1, -0.05) is 24.3 Å². The number of para-hydroxylation sites is 4. The van der Waals surface area contributed by atoms with E-state index in [4.69, 9.17) is 0 Å². The molecule has 0 aromatic heterocycles. The molecule has 28 heavy (non-hydrogen) atoms. The standard InChI is InChI=1S/C19H19F2N3O4/c20-19(21)28-17-8-4-1-5-14(17)22-18(25)13-9-11-23(12-10-13)15-6-2-3-7-16(15)24(26)27/h1-8,13,19H,9-12H2,(H,22,25). The molecular weight excluding hydrogens is 372 g/mol. The van der Waals surface area contributed by atoms with Gasteiger partial charge in [-0.15, -0.1) is 0 Å². The summed E-state index contributed by atoms with van der Waals surface area (Å²) in [7, 11) is 0. The van der Waals surface area contributed by atoms with Crippen LogP contribution in [0.25, 0.3) is 0 Å². The summed E-state index contributed by atoms with van der Waals surface area (Å²) in [6.07, 6.45) is 0.992. The number of alkyl halides is 2. The Morgan fingerprint density at radius 2 is 1.79 bits per heavy atom. The lowest BCUT2D eigenvalue weighted by Crippen LogP contribution is -2.38. The lowest BCUT2D eigenvalue weighted by atomic mass is 9.95. The number of nitrogens with one attached hydrogen (secondary N) is 1. The first-order chi connectivity index (χ1) is 13.5. The normalized spacial score (nSPS) is 14.8. The van der Waals surface area contributed by atoms with E-state index in [1.54, 1.807) is 30.3 Å². The first kappa shape index (κ1) is 19.5. The lowest BCUT2D eigenvalue weighted by Gasteiger charge is -2.32. The largest absolute Gasteiger partial charge is 0.433 e. The molecule has 1 heterocycles. The molecule has 1 saturated heterocycles. The number of ether oxygens (including phenoxy) is 1. The van der Waals surface area contributed by atoms with Crippen molar-refractivity contribution in [2.75, 3.05) is 23.3 Å². The molecule has 0 atom stereocenters. The van der Waals surface area contributed by atoms with Gasteiger partial charge in [0.05, 0.1) is 10.6 Å². The number of anilines is 2. The highest BCUT2D eigenvalue weighted by atomic mass is 19.3. The molecule has 0 radical (unpaired) electrons. The Balaban J connectivity index is 1.63. The Morgan fingerprint density at radius 1 is 1.14 bits per heavy atom.